The lowest BCUT2D eigenvalue weighted by Crippen LogP contribution is -2.45. The highest BCUT2D eigenvalue weighted by Crippen LogP contribution is 2.19. The summed E-state index contributed by atoms with van der Waals surface area (Å²) in [6.07, 6.45) is 4.33. The van der Waals surface area contributed by atoms with Crippen LogP contribution < -0.4 is 27.0 Å². The number of benzene rings is 1. The molecule has 1 atom stereocenters. The van der Waals surface area contributed by atoms with Crippen LogP contribution in [0.3, 0.4) is 0 Å². The Morgan fingerprint density at radius 2 is 1.83 bits per heavy atom. The van der Waals surface area contributed by atoms with Crippen LogP contribution >= 0.6 is 0 Å². The lowest BCUT2D eigenvalue weighted by atomic mass is 9.99. The number of ketones is 1. The monoisotopic (exact) mass is 636 g/mol. The first-order valence-corrected chi connectivity index (χ1v) is 15.1. The van der Waals surface area contributed by atoms with E-state index in [2.05, 4.69) is 39.4 Å². The van der Waals surface area contributed by atoms with Crippen molar-refractivity contribution in [1.82, 2.24) is 16.0 Å². The van der Waals surface area contributed by atoms with Crippen LogP contribution in [0.15, 0.2) is 77.4 Å². The van der Waals surface area contributed by atoms with E-state index in [4.69, 9.17) is 10.5 Å². The van der Waals surface area contributed by atoms with Gasteiger partial charge in [-0.1, -0.05) is 19.2 Å². The van der Waals surface area contributed by atoms with E-state index in [0.29, 0.717) is 48.5 Å². The number of nitrogens with two attached hydrogens (primary N) is 1. The average Bonchev–Trinajstić information content (AvgIpc) is 2.93. The second-order valence-electron chi connectivity index (χ2n) is 12.5. The molecule has 0 saturated carbocycles. The highest BCUT2D eigenvalue weighted by atomic mass is 16.5. The van der Waals surface area contributed by atoms with Gasteiger partial charge in [0.1, 0.15) is 23.1 Å². The zero-order chi connectivity index (χ0) is 34.7. The number of amides is 3. The van der Waals surface area contributed by atoms with Gasteiger partial charge in [-0.05, 0) is 84.7 Å². The minimum atomic E-state index is -0.830. The number of nitrogens with one attached hydrogen (secondary N) is 4. The summed E-state index contributed by atoms with van der Waals surface area (Å²) >= 11 is 0. The van der Waals surface area contributed by atoms with Gasteiger partial charge in [-0.2, -0.15) is 0 Å². The molecule has 0 saturated heterocycles. The van der Waals surface area contributed by atoms with Crippen LogP contribution in [-0.2, 0) is 19.1 Å². The van der Waals surface area contributed by atoms with Crippen molar-refractivity contribution in [2.45, 2.75) is 84.4 Å². The molecular weight excluding hydrogens is 588 g/mol. The zero-order valence-electron chi connectivity index (χ0n) is 27.7. The van der Waals surface area contributed by atoms with E-state index in [-0.39, 0.29) is 41.8 Å². The van der Waals surface area contributed by atoms with Gasteiger partial charge in [-0.3, -0.25) is 19.2 Å². The third-order valence-electron chi connectivity index (χ3n) is 7.06. The van der Waals surface area contributed by atoms with Gasteiger partial charge in [-0.15, -0.1) is 0 Å². The summed E-state index contributed by atoms with van der Waals surface area (Å²) in [7, 11) is 0. The number of ether oxygens (including phenoxy) is 1. The maximum absolute atomic E-state index is 12.9. The molecular formula is C34H48N6O6. The Hall–Kier alpha value is -4.71. The van der Waals surface area contributed by atoms with Crippen LogP contribution in [0.1, 0.15) is 77.6 Å². The van der Waals surface area contributed by atoms with Crippen LogP contribution in [0.5, 0.6) is 0 Å². The summed E-state index contributed by atoms with van der Waals surface area (Å²) < 4.78 is 5.85. The van der Waals surface area contributed by atoms with Gasteiger partial charge in [0.25, 0.3) is 11.8 Å². The van der Waals surface area contributed by atoms with Crippen molar-refractivity contribution >= 4 is 34.9 Å². The molecule has 12 heteroatoms. The number of aliphatic hydroxyl groups excluding tert-OH is 1. The van der Waals surface area contributed by atoms with Crippen LogP contribution in [0.4, 0.5) is 5.69 Å². The Bertz CT molecular complexity index is 1420. The van der Waals surface area contributed by atoms with Crippen molar-refractivity contribution in [1.29, 1.82) is 0 Å². The molecule has 1 unspecified atom stereocenters. The minimum Gasteiger partial charge on any atom is -0.511 e. The van der Waals surface area contributed by atoms with E-state index in [1.165, 1.54) is 13.0 Å². The van der Waals surface area contributed by atoms with Gasteiger partial charge < -0.3 is 36.8 Å². The molecule has 1 heterocycles. The number of allylic oxidation sites excluding steroid dienone is 2. The number of hydrogen-bond donors (Lipinski definition) is 6. The molecule has 46 heavy (non-hydrogen) atoms. The third-order valence-corrected chi connectivity index (χ3v) is 7.06. The highest BCUT2D eigenvalue weighted by Gasteiger charge is 2.26. The number of carbonyl (C=O) groups is 4. The number of carbonyl (C=O) groups excluding carboxylic acids is 4. The molecule has 12 nitrogen and oxygen atoms in total. The molecule has 0 bridgehead atoms. The number of nitrogens with zero attached hydrogens (tertiary/aromatic N) is 1. The van der Waals surface area contributed by atoms with Crippen molar-refractivity contribution in [2.75, 3.05) is 18.5 Å². The highest BCUT2D eigenvalue weighted by molar-refractivity contribution is 6.47. The van der Waals surface area contributed by atoms with E-state index in [1.807, 2.05) is 27.7 Å². The summed E-state index contributed by atoms with van der Waals surface area (Å²) in [5.74, 6) is -1.11. The Labute approximate surface area is 271 Å². The van der Waals surface area contributed by atoms with Crippen molar-refractivity contribution < 1.29 is 29.0 Å². The molecule has 3 amide bonds. The molecule has 1 aliphatic heterocycles. The van der Waals surface area contributed by atoms with Crippen LogP contribution in [0.2, 0.25) is 0 Å². The zero-order valence-corrected chi connectivity index (χ0v) is 27.7. The second kappa shape index (κ2) is 16.6. The van der Waals surface area contributed by atoms with E-state index in [0.717, 1.165) is 0 Å². The van der Waals surface area contributed by atoms with E-state index < -0.39 is 29.0 Å². The number of aliphatic imine (C=N–C) groups is 1. The van der Waals surface area contributed by atoms with Gasteiger partial charge in [-0.25, -0.2) is 4.99 Å². The number of Topliss-reactive ketones (excluding diaryl/α,β-unsaturated/α-hetero) is 1. The fourth-order valence-electron chi connectivity index (χ4n) is 4.61. The van der Waals surface area contributed by atoms with Gasteiger partial charge in [0, 0.05) is 41.8 Å². The maximum atomic E-state index is 12.9. The van der Waals surface area contributed by atoms with Crippen LogP contribution in [-0.4, -0.2) is 64.7 Å². The van der Waals surface area contributed by atoms with Crippen molar-refractivity contribution in [3.63, 3.8) is 0 Å². The smallest absolute Gasteiger partial charge is 0.275 e. The van der Waals surface area contributed by atoms with Crippen molar-refractivity contribution in [3.8, 4) is 0 Å². The third kappa shape index (κ3) is 12.7. The standard InChI is InChI=1S/C34H48N6O6/c1-9-25(37-30-21(2)18-28(35)39-32(30)45)20-36-26-12-10-24(11-13-26)31(44)38-27(23(4)42)14-15-29(43)40-33(5,6)16-17-46-34(7,8)19-22(3)41/h9-13,18,27,36,42H,2,4,14-17,19-20,35H2,1,3,5-8H3,(H,38,44)(H,39,45)(H,40,43)/b25-9-,37-30?. The van der Waals surface area contributed by atoms with Crippen LogP contribution in [0.25, 0.3) is 0 Å². The molecule has 7 N–H and O–H groups in total. The normalized spacial score (nSPS) is 15.5. The number of aliphatic hydroxyl groups is 1. The summed E-state index contributed by atoms with van der Waals surface area (Å²) in [6, 6.07) is 5.84. The molecule has 1 aromatic rings. The maximum Gasteiger partial charge on any atom is 0.275 e. The predicted molar refractivity (Wildman–Crippen MR) is 180 cm³/mol. The molecule has 0 aromatic heterocycles. The van der Waals surface area contributed by atoms with Crippen molar-refractivity contribution in [2.24, 2.45) is 10.7 Å². The first kappa shape index (κ1) is 37.5. The number of rotatable bonds is 17. The fourth-order valence-corrected chi connectivity index (χ4v) is 4.61. The average molecular weight is 637 g/mol. The lowest BCUT2D eigenvalue weighted by Gasteiger charge is -2.30. The molecule has 0 radical (unpaired) electrons. The minimum absolute atomic E-state index is 0.0453. The van der Waals surface area contributed by atoms with Crippen LogP contribution in [0, 0.1) is 0 Å². The largest absolute Gasteiger partial charge is 0.511 e. The number of hydrogen-bond acceptors (Lipinski definition) is 9. The Morgan fingerprint density at radius 1 is 1.17 bits per heavy atom. The summed E-state index contributed by atoms with van der Waals surface area (Å²) in [4.78, 5) is 53.7. The molecule has 0 aliphatic carbocycles. The molecule has 2 rings (SSSR count). The van der Waals surface area contributed by atoms with Gasteiger partial charge in [0.15, 0.2) is 0 Å². The summed E-state index contributed by atoms with van der Waals surface area (Å²) in [5, 5.41) is 21.5. The topological polar surface area (TPSA) is 184 Å². The Morgan fingerprint density at radius 3 is 2.39 bits per heavy atom. The Balaban J connectivity index is 1.88. The predicted octanol–water partition coefficient (Wildman–Crippen LogP) is 3.94. The van der Waals surface area contributed by atoms with Crippen molar-refractivity contribution in [3.05, 3.63) is 78.0 Å². The van der Waals surface area contributed by atoms with Gasteiger partial charge in [0.05, 0.1) is 23.9 Å². The molecule has 1 aliphatic rings. The lowest BCUT2D eigenvalue weighted by molar-refractivity contribution is -0.124. The SMILES string of the molecule is C=C1C=C(N)NC(=O)C1=N/C(=C\C)CNc1ccc(C(=O)NC(CCC(=O)NC(C)(C)CCOC(C)(C)CC(C)=O)C(=C)O)cc1. The molecule has 0 fully saturated rings. The summed E-state index contributed by atoms with van der Waals surface area (Å²) in [6.45, 7) is 18.8. The van der Waals surface area contributed by atoms with Gasteiger partial charge >= 0.3 is 0 Å². The summed E-state index contributed by atoms with van der Waals surface area (Å²) in [5.41, 5.74) is 6.74. The molecule has 250 valence electrons. The fraction of sp³-hybridized carbons (Fsp3) is 0.441. The van der Waals surface area contributed by atoms with Gasteiger partial charge in [0.2, 0.25) is 5.91 Å². The Kier molecular flexibility index (Phi) is 13.5. The van der Waals surface area contributed by atoms with E-state index >= 15 is 0 Å². The molecule has 0 spiro atoms. The van der Waals surface area contributed by atoms with E-state index in [9.17, 15) is 24.3 Å². The quantitative estimate of drug-likeness (QED) is 0.139. The first-order chi connectivity index (χ1) is 21.4. The first-order valence-electron chi connectivity index (χ1n) is 15.1. The molecule has 1 aromatic carbocycles. The second-order valence-corrected chi connectivity index (χ2v) is 12.5. The number of anilines is 1. The van der Waals surface area contributed by atoms with E-state index in [1.54, 1.807) is 37.3 Å².